The second-order valence-corrected chi connectivity index (χ2v) is 9.28. The number of benzene rings is 1. The fourth-order valence-electron chi connectivity index (χ4n) is 5.08. The van der Waals surface area contributed by atoms with Gasteiger partial charge in [-0.15, -0.1) is 0 Å². The lowest BCUT2D eigenvalue weighted by atomic mass is 9.76. The van der Waals surface area contributed by atoms with E-state index in [4.69, 9.17) is 0 Å². The molecule has 1 aromatic carbocycles. The number of rotatable bonds is 13. The van der Waals surface area contributed by atoms with E-state index in [2.05, 4.69) is 39.0 Å². The molecule has 0 amide bonds. The average Bonchev–Trinajstić information content (AvgIpc) is 2.68. The third-order valence-corrected chi connectivity index (χ3v) is 6.91. The SMILES string of the molecule is CCCCCCCCCc1ccc(C2CCC(CCCCC)CC2)c(C)c1. The Labute approximate surface area is 170 Å². The summed E-state index contributed by atoms with van der Waals surface area (Å²) in [6.45, 7) is 6.97. The molecule has 2 rings (SSSR count). The first-order chi connectivity index (χ1) is 13.2. The van der Waals surface area contributed by atoms with Gasteiger partial charge in [-0.05, 0) is 74.0 Å². The quantitative estimate of drug-likeness (QED) is 0.304. The number of hydrogen-bond acceptors (Lipinski definition) is 0. The first-order valence-electron chi connectivity index (χ1n) is 12.3. The molecule has 0 nitrogen and oxygen atoms in total. The minimum Gasteiger partial charge on any atom is -0.0654 e. The summed E-state index contributed by atoms with van der Waals surface area (Å²) in [5, 5.41) is 0. The van der Waals surface area contributed by atoms with Gasteiger partial charge < -0.3 is 0 Å². The van der Waals surface area contributed by atoms with Crippen LogP contribution in [0.15, 0.2) is 18.2 Å². The minimum absolute atomic E-state index is 0.833. The summed E-state index contributed by atoms with van der Waals surface area (Å²) in [5.74, 6) is 1.85. The molecule has 0 N–H and O–H groups in total. The molecule has 0 radical (unpaired) electrons. The largest absolute Gasteiger partial charge is 0.0654 e. The van der Waals surface area contributed by atoms with E-state index in [9.17, 15) is 0 Å². The highest BCUT2D eigenvalue weighted by Gasteiger charge is 2.23. The van der Waals surface area contributed by atoms with Gasteiger partial charge >= 0.3 is 0 Å². The molecule has 27 heavy (non-hydrogen) atoms. The van der Waals surface area contributed by atoms with E-state index in [1.807, 2.05) is 0 Å². The minimum atomic E-state index is 0.833. The van der Waals surface area contributed by atoms with Crippen molar-refractivity contribution in [3.63, 3.8) is 0 Å². The van der Waals surface area contributed by atoms with Gasteiger partial charge in [0.15, 0.2) is 0 Å². The Balaban J connectivity index is 1.70. The number of unbranched alkanes of at least 4 members (excludes halogenated alkanes) is 8. The second kappa shape index (κ2) is 13.4. The zero-order valence-corrected chi connectivity index (χ0v) is 18.7. The fraction of sp³-hybridized carbons (Fsp3) is 0.778. The molecule has 0 aliphatic heterocycles. The van der Waals surface area contributed by atoms with E-state index in [1.54, 1.807) is 16.7 Å². The lowest BCUT2D eigenvalue weighted by molar-refractivity contribution is 0.302. The molecule has 1 fully saturated rings. The molecular formula is C27H46. The van der Waals surface area contributed by atoms with E-state index < -0.39 is 0 Å². The molecule has 1 saturated carbocycles. The van der Waals surface area contributed by atoms with E-state index in [0.717, 1.165) is 11.8 Å². The third-order valence-electron chi connectivity index (χ3n) is 6.91. The summed E-state index contributed by atoms with van der Waals surface area (Å²) in [6.07, 6.45) is 22.6. The molecule has 1 aliphatic rings. The van der Waals surface area contributed by atoms with Crippen LogP contribution in [-0.4, -0.2) is 0 Å². The smallest absolute Gasteiger partial charge is 0.0159 e. The Bertz CT molecular complexity index is 493. The Hall–Kier alpha value is -0.780. The number of aryl methyl sites for hydroxylation is 2. The van der Waals surface area contributed by atoms with Crippen molar-refractivity contribution in [1.82, 2.24) is 0 Å². The van der Waals surface area contributed by atoms with E-state index in [0.29, 0.717) is 0 Å². The van der Waals surface area contributed by atoms with Crippen LogP contribution in [-0.2, 0) is 6.42 Å². The Morgan fingerprint density at radius 2 is 1.37 bits per heavy atom. The Morgan fingerprint density at radius 1 is 0.741 bits per heavy atom. The highest BCUT2D eigenvalue weighted by Crippen LogP contribution is 2.39. The first kappa shape index (κ1) is 22.5. The van der Waals surface area contributed by atoms with E-state index in [1.165, 1.54) is 103 Å². The lowest BCUT2D eigenvalue weighted by Crippen LogP contribution is -2.14. The van der Waals surface area contributed by atoms with E-state index >= 15 is 0 Å². The highest BCUT2D eigenvalue weighted by molar-refractivity contribution is 5.34. The van der Waals surface area contributed by atoms with Crippen LogP contribution in [0.3, 0.4) is 0 Å². The third kappa shape index (κ3) is 8.41. The standard InChI is InChI=1S/C27H46/c1-4-6-8-9-10-11-13-15-25-18-21-27(23(3)22-25)26-19-16-24(17-20-26)14-12-7-5-2/h18,21-22,24,26H,4-17,19-20H2,1-3H3. The number of hydrogen-bond donors (Lipinski definition) is 0. The molecule has 1 aliphatic carbocycles. The van der Waals surface area contributed by atoms with Crippen molar-refractivity contribution in [2.45, 2.75) is 129 Å². The maximum atomic E-state index is 2.50. The van der Waals surface area contributed by atoms with Crippen molar-refractivity contribution in [1.29, 1.82) is 0 Å². The maximum Gasteiger partial charge on any atom is -0.0159 e. The van der Waals surface area contributed by atoms with Crippen LogP contribution in [0.25, 0.3) is 0 Å². The Kier molecular flexibility index (Phi) is 11.2. The summed E-state index contributed by atoms with van der Waals surface area (Å²) in [7, 11) is 0. The predicted molar refractivity (Wildman–Crippen MR) is 122 cm³/mol. The van der Waals surface area contributed by atoms with Crippen molar-refractivity contribution in [2.75, 3.05) is 0 Å². The van der Waals surface area contributed by atoms with Crippen LogP contribution in [0, 0.1) is 12.8 Å². The van der Waals surface area contributed by atoms with Gasteiger partial charge in [0.1, 0.15) is 0 Å². The summed E-state index contributed by atoms with van der Waals surface area (Å²) >= 11 is 0. The summed E-state index contributed by atoms with van der Waals surface area (Å²) in [6, 6.07) is 7.42. The molecule has 0 heterocycles. The molecule has 1 aromatic rings. The van der Waals surface area contributed by atoms with Crippen molar-refractivity contribution in [3.8, 4) is 0 Å². The van der Waals surface area contributed by atoms with Gasteiger partial charge in [0, 0.05) is 0 Å². The lowest BCUT2D eigenvalue weighted by Gasteiger charge is -2.30. The van der Waals surface area contributed by atoms with Crippen LogP contribution in [0.5, 0.6) is 0 Å². The monoisotopic (exact) mass is 370 g/mol. The molecule has 0 heteroatoms. The first-order valence-corrected chi connectivity index (χ1v) is 12.3. The predicted octanol–water partition coefficient (Wildman–Crippen LogP) is 9.14. The van der Waals surface area contributed by atoms with Gasteiger partial charge in [-0.25, -0.2) is 0 Å². The topological polar surface area (TPSA) is 0 Å². The van der Waals surface area contributed by atoms with Crippen LogP contribution in [0.1, 0.15) is 133 Å². The van der Waals surface area contributed by atoms with Crippen molar-refractivity contribution < 1.29 is 0 Å². The van der Waals surface area contributed by atoms with Gasteiger partial charge in [0.2, 0.25) is 0 Å². The summed E-state index contributed by atoms with van der Waals surface area (Å²) in [5.41, 5.74) is 4.79. The summed E-state index contributed by atoms with van der Waals surface area (Å²) < 4.78 is 0. The van der Waals surface area contributed by atoms with Crippen molar-refractivity contribution in [3.05, 3.63) is 34.9 Å². The highest BCUT2D eigenvalue weighted by atomic mass is 14.3. The van der Waals surface area contributed by atoms with Crippen LogP contribution in [0.2, 0.25) is 0 Å². The van der Waals surface area contributed by atoms with Gasteiger partial charge in [-0.2, -0.15) is 0 Å². The van der Waals surface area contributed by atoms with Crippen LogP contribution >= 0.6 is 0 Å². The molecule has 0 atom stereocenters. The van der Waals surface area contributed by atoms with Crippen molar-refractivity contribution in [2.24, 2.45) is 5.92 Å². The van der Waals surface area contributed by atoms with Gasteiger partial charge in [0.05, 0.1) is 0 Å². The normalized spacial score (nSPS) is 20.1. The fourth-order valence-corrected chi connectivity index (χ4v) is 5.08. The van der Waals surface area contributed by atoms with Gasteiger partial charge in [-0.3, -0.25) is 0 Å². The molecule has 0 bridgehead atoms. The Morgan fingerprint density at radius 3 is 2.04 bits per heavy atom. The average molecular weight is 371 g/mol. The molecular weight excluding hydrogens is 324 g/mol. The molecule has 0 spiro atoms. The molecule has 0 aromatic heterocycles. The molecule has 154 valence electrons. The van der Waals surface area contributed by atoms with Crippen molar-refractivity contribution >= 4 is 0 Å². The van der Waals surface area contributed by atoms with Gasteiger partial charge in [0.25, 0.3) is 0 Å². The molecule has 0 unspecified atom stereocenters. The van der Waals surface area contributed by atoms with Crippen LogP contribution < -0.4 is 0 Å². The molecule has 0 saturated heterocycles. The maximum absolute atomic E-state index is 2.50. The zero-order chi connectivity index (χ0) is 19.3. The zero-order valence-electron chi connectivity index (χ0n) is 18.7. The van der Waals surface area contributed by atoms with Crippen LogP contribution in [0.4, 0.5) is 0 Å². The second-order valence-electron chi connectivity index (χ2n) is 9.28. The van der Waals surface area contributed by atoms with Gasteiger partial charge in [-0.1, -0.05) is 96.3 Å². The summed E-state index contributed by atoms with van der Waals surface area (Å²) in [4.78, 5) is 0. The van der Waals surface area contributed by atoms with E-state index in [-0.39, 0.29) is 0 Å².